The number of rotatable bonds is 3. The van der Waals surface area contributed by atoms with Crippen LogP contribution in [-0.2, 0) is 24.4 Å². The first-order valence-electron chi connectivity index (χ1n) is 10.9. The molecular weight excluding hydrogens is 436 g/mol. The molecule has 0 spiro atoms. The monoisotopic (exact) mass is 460 g/mol. The second-order valence-corrected chi connectivity index (χ2v) is 9.22. The molecule has 0 bridgehead atoms. The van der Waals surface area contributed by atoms with E-state index in [1.165, 1.54) is 23.7 Å². The number of nitro benzene ring substituents is 1. The summed E-state index contributed by atoms with van der Waals surface area (Å²) in [5, 5.41) is 11.9. The molecule has 4 aromatic rings. The van der Waals surface area contributed by atoms with Crippen LogP contribution in [0, 0.1) is 10.1 Å². The van der Waals surface area contributed by atoms with E-state index in [9.17, 15) is 19.7 Å². The molecule has 0 fully saturated rings. The predicted molar refractivity (Wildman–Crippen MR) is 128 cm³/mol. The van der Waals surface area contributed by atoms with Crippen LogP contribution in [0.3, 0.4) is 0 Å². The van der Waals surface area contributed by atoms with Gasteiger partial charge in [-0.05, 0) is 25.0 Å². The van der Waals surface area contributed by atoms with E-state index < -0.39 is 27.8 Å². The topological polar surface area (TPSA) is 101 Å². The Morgan fingerprint density at radius 1 is 1.03 bits per heavy atom. The number of aryl methyl sites for hydroxylation is 1. The summed E-state index contributed by atoms with van der Waals surface area (Å²) in [6, 6.07) is 15.8. The first-order chi connectivity index (χ1) is 16.1. The van der Waals surface area contributed by atoms with Crippen LogP contribution in [0.15, 0.2) is 64.2 Å². The predicted octanol–water partition coefficient (Wildman–Crippen LogP) is 3.47. The van der Waals surface area contributed by atoms with Crippen molar-refractivity contribution in [3.63, 3.8) is 0 Å². The Balaban J connectivity index is 1.98. The molecule has 1 aliphatic rings. The van der Waals surface area contributed by atoms with Crippen LogP contribution >= 0.6 is 0 Å². The van der Waals surface area contributed by atoms with Gasteiger partial charge in [0, 0.05) is 26.2 Å². The van der Waals surface area contributed by atoms with Gasteiger partial charge >= 0.3 is 5.69 Å². The van der Waals surface area contributed by atoms with Crippen LogP contribution < -0.4 is 11.2 Å². The summed E-state index contributed by atoms with van der Waals surface area (Å²) >= 11 is 0. The zero-order valence-corrected chi connectivity index (χ0v) is 19.3. The van der Waals surface area contributed by atoms with E-state index in [1.807, 2.05) is 44.2 Å². The van der Waals surface area contributed by atoms with Crippen LogP contribution in [0.25, 0.3) is 22.2 Å². The minimum Gasteiger partial charge on any atom is -0.365 e. The Hall–Kier alpha value is -3.98. The van der Waals surface area contributed by atoms with Crippen molar-refractivity contribution in [2.24, 2.45) is 14.1 Å². The Bertz CT molecular complexity index is 1580. The van der Waals surface area contributed by atoms with E-state index in [2.05, 4.69) is 4.57 Å². The highest BCUT2D eigenvalue weighted by atomic mass is 16.6. The fourth-order valence-electron chi connectivity index (χ4n) is 4.92. The van der Waals surface area contributed by atoms with Crippen LogP contribution in [0.2, 0.25) is 0 Å². The number of non-ortho nitro benzene ring substituents is 1. The Morgan fingerprint density at radius 3 is 2.41 bits per heavy atom. The van der Waals surface area contributed by atoms with Gasteiger partial charge in [0.2, 0.25) is 0 Å². The van der Waals surface area contributed by atoms with Gasteiger partial charge in [0.25, 0.3) is 11.2 Å². The van der Waals surface area contributed by atoms with E-state index in [1.54, 1.807) is 19.2 Å². The minimum atomic E-state index is -0.703. The molecule has 34 heavy (non-hydrogen) atoms. The number of ether oxygens (including phenoxy) is 1. The van der Waals surface area contributed by atoms with Gasteiger partial charge in [0.15, 0.2) is 0 Å². The zero-order valence-electron chi connectivity index (χ0n) is 19.3. The van der Waals surface area contributed by atoms with Gasteiger partial charge in [-0.3, -0.25) is 24.0 Å². The van der Waals surface area contributed by atoms with E-state index in [0.717, 1.165) is 10.1 Å². The fraction of sp³-hybridized carbons (Fsp3) is 0.280. The molecule has 9 nitrogen and oxygen atoms in total. The first-order valence-corrected chi connectivity index (χ1v) is 10.9. The normalized spacial score (nSPS) is 17.0. The van der Waals surface area contributed by atoms with Gasteiger partial charge in [-0.15, -0.1) is 0 Å². The molecule has 0 N–H and O–H groups in total. The summed E-state index contributed by atoms with van der Waals surface area (Å²) < 4.78 is 10.9. The summed E-state index contributed by atoms with van der Waals surface area (Å²) in [4.78, 5) is 37.5. The molecule has 0 radical (unpaired) electrons. The van der Waals surface area contributed by atoms with Crippen molar-refractivity contribution in [1.29, 1.82) is 0 Å². The van der Waals surface area contributed by atoms with Crippen LogP contribution in [-0.4, -0.2) is 25.2 Å². The molecule has 5 rings (SSSR count). The lowest BCUT2D eigenvalue weighted by atomic mass is 9.97. The zero-order chi connectivity index (χ0) is 24.4. The lowest BCUT2D eigenvalue weighted by molar-refractivity contribution is -0.385. The summed E-state index contributed by atoms with van der Waals surface area (Å²) in [5.41, 5.74) is 1.75. The van der Waals surface area contributed by atoms with Crippen molar-refractivity contribution in [2.75, 3.05) is 6.61 Å². The molecule has 0 saturated heterocycles. The van der Waals surface area contributed by atoms with Crippen LogP contribution in [0.5, 0.6) is 0 Å². The quantitative estimate of drug-likeness (QED) is 0.344. The summed E-state index contributed by atoms with van der Waals surface area (Å²) in [6.45, 7) is 4.32. The van der Waals surface area contributed by atoms with Gasteiger partial charge < -0.3 is 9.30 Å². The molecule has 0 aliphatic carbocycles. The van der Waals surface area contributed by atoms with Crippen molar-refractivity contribution in [3.8, 4) is 11.3 Å². The molecule has 2 aromatic carbocycles. The van der Waals surface area contributed by atoms with Gasteiger partial charge in [-0.25, -0.2) is 4.79 Å². The average molecular weight is 460 g/mol. The lowest BCUT2D eigenvalue weighted by Crippen LogP contribution is -2.40. The van der Waals surface area contributed by atoms with Crippen LogP contribution in [0.1, 0.15) is 31.2 Å². The molecular formula is C25H24N4O5. The molecule has 1 aliphatic heterocycles. The van der Waals surface area contributed by atoms with E-state index >= 15 is 0 Å². The third kappa shape index (κ3) is 3.04. The summed E-state index contributed by atoms with van der Waals surface area (Å²) in [5.74, 6) is 0. The molecule has 3 heterocycles. The number of nitro groups is 1. The Kier molecular flexibility index (Phi) is 4.84. The van der Waals surface area contributed by atoms with Gasteiger partial charge in [0.1, 0.15) is 6.10 Å². The third-order valence-electron chi connectivity index (χ3n) is 6.50. The summed E-state index contributed by atoms with van der Waals surface area (Å²) in [7, 11) is 3.10. The first kappa shape index (κ1) is 21.8. The van der Waals surface area contributed by atoms with Crippen LogP contribution in [0.4, 0.5) is 5.69 Å². The number of hydrogen-bond acceptors (Lipinski definition) is 5. The number of nitrogens with zero attached hydrogens (tertiary/aromatic N) is 4. The highest BCUT2D eigenvalue weighted by Gasteiger charge is 2.40. The second-order valence-electron chi connectivity index (χ2n) is 9.22. The van der Waals surface area contributed by atoms with Crippen molar-refractivity contribution >= 4 is 16.6 Å². The molecule has 174 valence electrons. The largest absolute Gasteiger partial charge is 0.365 e. The van der Waals surface area contributed by atoms with Crippen molar-refractivity contribution in [1.82, 2.24) is 13.7 Å². The van der Waals surface area contributed by atoms with E-state index in [-0.39, 0.29) is 5.69 Å². The van der Waals surface area contributed by atoms with Crippen molar-refractivity contribution < 1.29 is 9.66 Å². The molecule has 0 saturated carbocycles. The van der Waals surface area contributed by atoms with E-state index in [0.29, 0.717) is 34.5 Å². The van der Waals surface area contributed by atoms with Gasteiger partial charge in [-0.1, -0.05) is 42.5 Å². The maximum Gasteiger partial charge on any atom is 0.331 e. The van der Waals surface area contributed by atoms with Crippen molar-refractivity contribution in [3.05, 3.63) is 96.8 Å². The average Bonchev–Trinajstić information content (AvgIpc) is 3.20. The number of benzene rings is 2. The number of aromatic nitrogens is 3. The number of fused-ring (bicyclic) bond motifs is 3. The second kappa shape index (κ2) is 7.53. The number of hydrogen-bond donors (Lipinski definition) is 0. The molecule has 0 unspecified atom stereocenters. The van der Waals surface area contributed by atoms with Crippen molar-refractivity contribution in [2.45, 2.75) is 25.5 Å². The van der Waals surface area contributed by atoms with E-state index in [4.69, 9.17) is 4.74 Å². The lowest BCUT2D eigenvalue weighted by Gasteiger charge is -2.39. The maximum absolute atomic E-state index is 13.5. The fourth-order valence-corrected chi connectivity index (χ4v) is 4.92. The third-order valence-corrected chi connectivity index (χ3v) is 6.50. The SMILES string of the molecule is Cn1c(=O)c2c(-c3ccccc3)n3c(c2n(C)c1=O)[C@H](c1cccc([N+](=O)[O-])c1)OCC3(C)C. The standard InChI is InChI=1S/C25H24N4O5/c1-25(2)14-34-22(16-11-8-12-17(13-16)29(32)33)21-20-18(23(30)27(4)24(31)26(20)3)19(28(21)25)15-9-6-5-7-10-15/h5-13,22H,14H2,1-4H3/t22-/m0/s1. The molecule has 1 atom stereocenters. The van der Waals surface area contributed by atoms with Gasteiger partial charge in [-0.2, -0.15) is 0 Å². The Labute approximate surface area is 194 Å². The molecule has 9 heteroatoms. The molecule has 2 aromatic heterocycles. The smallest absolute Gasteiger partial charge is 0.331 e. The van der Waals surface area contributed by atoms with Gasteiger partial charge in [0.05, 0.1) is 39.4 Å². The minimum absolute atomic E-state index is 0.0542. The Morgan fingerprint density at radius 2 is 1.74 bits per heavy atom. The molecule has 0 amide bonds. The highest BCUT2D eigenvalue weighted by Crippen LogP contribution is 2.45. The summed E-state index contributed by atoms with van der Waals surface area (Å²) in [6.07, 6.45) is -0.703. The maximum atomic E-state index is 13.5. The highest BCUT2D eigenvalue weighted by molar-refractivity contribution is 5.96.